The third-order valence-corrected chi connectivity index (χ3v) is 6.76. The average Bonchev–Trinajstić information content (AvgIpc) is 2.78. The molecule has 0 bridgehead atoms. The number of hydrogen-bond donors (Lipinski definition) is 0. The molecular weight excluding hydrogens is 417 g/mol. The molecule has 1 amide bonds. The second kappa shape index (κ2) is 11.8. The van der Waals surface area contributed by atoms with Crippen molar-refractivity contribution in [3.05, 3.63) is 60.2 Å². The first kappa shape index (κ1) is 24.8. The van der Waals surface area contributed by atoms with Crippen LogP contribution in [0, 0.1) is 5.92 Å². The Balaban J connectivity index is 2.25. The number of benzene rings is 2. The summed E-state index contributed by atoms with van der Waals surface area (Å²) >= 11 is 0. The molecule has 0 aliphatic rings. The number of anilines is 1. The van der Waals surface area contributed by atoms with Gasteiger partial charge in [-0.3, -0.25) is 14.2 Å². The van der Waals surface area contributed by atoms with Crippen LogP contribution in [0.15, 0.2) is 54.6 Å². The highest BCUT2D eigenvalue weighted by atomic mass is 31.2. The number of carbonyl (C=O) groups excluding carboxylic acids is 2. The van der Waals surface area contributed by atoms with E-state index >= 15 is 0 Å². The highest BCUT2D eigenvalue weighted by molar-refractivity contribution is 7.62. The van der Waals surface area contributed by atoms with Crippen LogP contribution in [0.2, 0.25) is 0 Å². The van der Waals surface area contributed by atoms with Gasteiger partial charge in [-0.15, -0.1) is 0 Å². The SMILES string of the molecule is CCOC(=O)C(Cc1ccccc1)C(=O)N(C)c1ccc(P(=O)(OCC)OCC)cc1. The summed E-state index contributed by atoms with van der Waals surface area (Å²) in [6, 6.07) is 15.9. The second-order valence-electron chi connectivity index (χ2n) is 6.74. The van der Waals surface area contributed by atoms with Crippen LogP contribution < -0.4 is 10.2 Å². The predicted octanol–water partition coefficient (Wildman–Crippen LogP) is 3.96. The molecule has 0 saturated heterocycles. The zero-order chi connectivity index (χ0) is 22.9. The molecule has 2 rings (SSSR count). The lowest BCUT2D eigenvalue weighted by Crippen LogP contribution is -2.39. The maximum atomic E-state index is 13.2. The third kappa shape index (κ3) is 6.50. The van der Waals surface area contributed by atoms with Crippen molar-refractivity contribution in [1.29, 1.82) is 0 Å². The molecule has 1 unspecified atom stereocenters. The van der Waals surface area contributed by atoms with Crippen molar-refractivity contribution in [3.8, 4) is 0 Å². The molecule has 2 aromatic carbocycles. The number of ether oxygens (including phenoxy) is 1. The van der Waals surface area contributed by atoms with Gasteiger partial charge in [-0.1, -0.05) is 30.3 Å². The number of rotatable bonds is 11. The summed E-state index contributed by atoms with van der Waals surface area (Å²) in [5.41, 5.74) is 1.42. The number of carbonyl (C=O) groups is 2. The molecule has 0 N–H and O–H groups in total. The van der Waals surface area contributed by atoms with Crippen molar-refractivity contribution in [2.75, 3.05) is 31.8 Å². The monoisotopic (exact) mass is 447 g/mol. The van der Waals surface area contributed by atoms with Crippen LogP contribution in [0.25, 0.3) is 0 Å². The molecular formula is C23H30NO6P. The van der Waals surface area contributed by atoms with Gasteiger partial charge >= 0.3 is 13.6 Å². The van der Waals surface area contributed by atoms with Gasteiger partial charge in [-0.25, -0.2) is 0 Å². The molecule has 0 aliphatic carbocycles. The molecule has 31 heavy (non-hydrogen) atoms. The van der Waals surface area contributed by atoms with Crippen molar-refractivity contribution in [2.45, 2.75) is 27.2 Å². The van der Waals surface area contributed by atoms with E-state index in [-0.39, 0.29) is 32.1 Å². The van der Waals surface area contributed by atoms with Gasteiger partial charge in [0.2, 0.25) is 5.91 Å². The van der Waals surface area contributed by atoms with Gasteiger partial charge in [0.1, 0.15) is 5.92 Å². The fourth-order valence-electron chi connectivity index (χ4n) is 3.11. The number of esters is 1. The van der Waals surface area contributed by atoms with E-state index in [1.165, 1.54) is 4.90 Å². The zero-order valence-electron chi connectivity index (χ0n) is 18.4. The first-order valence-corrected chi connectivity index (χ1v) is 11.9. The van der Waals surface area contributed by atoms with E-state index < -0.39 is 19.5 Å². The van der Waals surface area contributed by atoms with Gasteiger partial charge in [0.05, 0.1) is 25.1 Å². The largest absolute Gasteiger partial charge is 0.465 e. The van der Waals surface area contributed by atoms with Crippen molar-refractivity contribution in [2.24, 2.45) is 5.92 Å². The van der Waals surface area contributed by atoms with Gasteiger partial charge in [0.25, 0.3) is 0 Å². The van der Waals surface area contributed by atoms with Crippen LogP contribution in [-0.2, 0) is 34.4 Å². The normalized spacial score (nSPS) is 12.3. The molecule has 0 saturated carbocycles. The van der Waals surface area contributed by atoms with Crippen molar-refractivity contribution < 1.29 is 27.9 Å². The summed E-state index contributed by atoms with van der Waals surface area (Å²) in [4.78, 5) is 27.1. The summed E-state index contributed by atoms with van der Waals surface area (Å²) in [5.74, 6) is -1.91. The molecule has 0 fully saturated rings. The highest BCUT2D eigenvalue weighted by Gasteiger charge is 2.32. The molecule has 8 heteroatoms. The number of amides is 1. The minimum atomic E-state index is -3.41. The summed E-state index contributed by atoms with van der Waals surface area (Å²) in [7, 11) is -1.82. The average molecular weight is 447 g/mol. The maximum absolute atomic E-state index is 13.2. The van der Waals surface area contributed by atoms with E-state index in [0.29, 0.717) is 11.0 Å². The standard InChI is InChI=1S/C23H30NO6P/c1-5-28-23(26)21(17-18-11-9-8-10-12-18)22(25)24(4)19-13-15-20(16-14-19)31(27,29-6-2)30-7-3/h8-16,21H,5-7,17H2,1-4H3. The van der Waals surface area contributed by atoms with E-state index in [0.717, 1.165) is 5.56 Å². The molecule has 0 aliphatic heterocycles. The number of hydrogen-bond acceptors (Lipinski definition) is 6. The van der Waals surface area contributed by atoms with Crippen LogP contribution in [0.4, 0.5) is 5.69 Å². The number of nitrogens with zero attached hydrogens (tertiary/aromatic N) is 1. The van der Waals surface area contributed by atoms with Crippen molar-refractivity contribution in [3.63, 3.8) is 0 Å². The van der Waals surface area contributed by atoms with Gasteiger partial charge < -0.3 is 18.7 Å². The summed E-state index contributed by atoms with van der Waals surface area (Å²) in [6.07, 6.45) is 0.241. The fourth-order valence-corrected chi connectivity index (χ4v) is 4.68. The minimum Gasteiger partial charge on any atom is -0.465 e. The van der Waals surface area contributed by atoms with E-state index in [9.17, 15) is 14.2 Å². The Morgan fingerprint density at radius 1 is 0.903 bits per heavy atom. The minimum absolute atomic E-state index is 0.194. The highest BCUT2D eigenvalue weighted by Crippen LogP contribution is 2.46. The Morgan fingerprint density at radius 2 is 1.48 bits per heavy atom. The summed E-state index contributed by atoms with van der Waals surface area (Å²) < 4.78 is 28.8. The van der Waals surface area contributed by atoms with Gasteiger partial charge in [-0.05, 0) is 57.0 Å². The summed E-state index contributed by atoms with van der Waals surface area (Å²) in [6.45, 7) is 5.89. The Labute approximate surface area is 183 Å². The molecule has 0 aromatic heterocycles. The van der Waals surface area contributed by atoms with E-state index in [4.69, 9.17) is 13.8 Å². The lowest BCUT2D eigenvalue weighted by atomic mass is 9.97. The molecule has 0 heterocycles. The lowest BCUT2D eigenvalue weighted by molar-refractivity contribution is -0.151. The van der Waals surface area contributed by atoms with Crippen LogP contribution >= 0.6 is 7.60 Å². The Kier molecular flexibility index (Phi) is 9.44. The smallest absolute Gasteiger partial charge is 0.361 e. The van der Waals surface area contributed by atoms with Crippen LogP contribution in [-0.4, -0.2) is 38.7 Å². The van der Waals surface area contributed by atoms with Gasteiger partial charge in [0, 0.05) is 12.7 Å². The topological polar surface area (TPSA) is 82.1 Å². The zero-order valence-corrected chi connectivity index (χ0v) is 19.3. The molecule has 0 spiro atoms. The van der Waals surface area contributed by atoms with Crippen molar-refractivity contribution in [1.82, 2.24) is 0 Å². The quantitative estimate of drug-likeness (QED) is 0.295. The van der Waals surface area contributed by atoms with Gasteiger partial charge in [-0.2, -0.15) is 0 Å². The van der Waals surface area contributed by atoms with Crippen LogP contribution in [0.5, 0.6) is 0 Å². The van der Waals surface area contributed by atoms with E-state index in [1.807, 2.05) is 30.3 Å². The van der Waals surface area contributed by atoms with Crippen LogP contribution in [0.3, 0.4) is 0 Å². The molecule has 0 radical (unpaired) electrons. The Bertz CT molecular complexity index is 890. The molecule has 2 aromatic rings. The van der Waals surface area contributed by atoms with Gasteiger partial charge in [0.15, 0.2) is 0 Å². The predicted molar refractivity (Wildman–Crippen MR) is 121 cm³/mol. The van der Waals surface area contributed by atoms with E-state index in [1.54, 1.807) is 52.1 Å². The molecule has 168 valence electrons. The van der Waals surface area contributed by atoms with Crippen molar-refractivity contribution >= 4 is 30.5 Å². The van der Waals surface area contributed by atoms with Crippen LogP contribution in [0.1, 0.15) is 26.3 Å². The maximum Gasteiger partial charge on any atom is 0.361 e. The first-order chi connectivity index (χ1) is 14.9. The third-order valence-electron chi connectivity index (χ3n) is 4.63. The Morgan fingerprint density at radius 3 is 2.00 bits per heavy atom. The molecule has 7 nitrogen and oxygen atoms in total. The fraction of sp³-hybridized carbons (Fsp3) is 0.391. The second-order valence-corrected chi connectivity index (χ2v) is 8.77. The molecule has 1 atom stereocenters. The Hall–Kier alpha value is -2.47. The first-order valence-electron chi connectivity index (χ1n) is 10.3. The van der Waals surface area contributed by atoms with E-state index in [2.05, 4.69) is 0 Å². The summed E-state index contributed by atoms with van der Waals surface area (Å²) in [5, 5.41) is 0.409. The lowest BCUT2D eigenvalue weighted by Gasteiger charge is -2.24.